The van der Waals surface area contributed by atoms with E-state index < -0.39 is 5.97 Å². The van der Waals surface area contributed by atoms with Crippen LogP contribution in [0.1, 0.15) is 10.4 Å². The van der Waals surface area contributed by atoms with E-state index in [2.05, 4.69) is 10.1 Å². The van der Waals surface area contributed by atoms with Crippen LogP contribution in [0.3, 0.4) is 0 Å². The zero-order valence-corrected chi connectivity index (χ0v) is 5.48. The molecule has 0 amide bonds. The van der Waals surface area contributed by atoms with Gasteiger partial charge in [0.05, 0.1) is 6.20 Å². The van der Waals surface area contributed by atoms with Crippen molar-refractivity contribution in [2.75, 3.05) is 0 Å². The van der Waals surface area contributed by atoms with Crippen molar-refractivity contribution in [1.82, 2.24) is 14.6 Å². The molecule has 2 N–H and O–H groups in total. The van der Waals surface area contributed by atoms with Crippen molar-refractivity contribution in [3.05, 3.63) is 24.2 Å². The second-order valence-electron chi connectivity index (χ2n) is 2.12. The molecule has 0 aliphatic heterocycles. The lowest BCUT2D eigenvalue weighted by Gasteiger charge is -1.83. The predicted molar refractivity (Wildman–Crippen MR) is 36.5 cm³/mol. The van der Waals surface area contributed by atoms with Crippen LogP contribution >= 0.6 is 0 Å². The van der Waals surface area contributed by atoms with Crippen LogP contribution in [0.2, 0.25) is 0 Å². The van der Waals surface area contributed by atoms with E-state index in [9.17, 15) is 4.79 Å². The maximum Gasteiger partial charge on any atom is 0.341 e. The average Bonchev–Trinajstić information content (AvgIpc) is 2.41. The van der Waals surface area contributed by atoms with Gasteiger partial charge in [0.2, 0.25) is 0 Å². The van der Waals surface area contributed by atoms with E-state index in [1.54, 1.807) is 12.4 Å². The van der Waals surface area contributed by atoms with Gasteiger partial charge in [-0.15, -0.1) is 0 Å². The molecule has 56 valence electrons. The quantitative estimate of drug-likeness (QED) is 0.618. The normalized spacial score (nSPS) is 10.5. The lowest BCUT2D eigenvalue weighted by Crippen LogP contribution is -1.94. The van der Waals surface area contributed by atoms with Crippen LogP contribution in [0.4, 0.5) is 0 Å². The molecular weight excluding hydrogens is 146 g/mol. The Balaban J connectivity index is 2.78. The number of hydrogen-bond acceptors (Lipinski definition) is 2. The molecule has 0 fully saturated rings. The van der Waals surface area contributed by atoms with Gasteiger partial charge in [-0.3, -0.25) is 0 Å². The zero-order chi connectivity index (χ0) is 7.84. The van der Waals surface area contributed by atoms with Crippen LogP contribution in [0.15, 0.2) is 18.6 Å². The molecule has 2 heterocycles. The number of aromatic carboxylic acids is 1. The van der Waals surface area contributed by atoms with Gasteiger partial charge in [-0.2, -0.15) is 5.10 Å². The van der Waals surface area contributed by atoms with Crippen LogP contribution in [0, 0.1) is 0 Å². The Bertz CT molecular complexity index is 401. The van der Waals surface area contributed by atoms with E-state index in [4.69, 9.17) is 5.11 Å². The third-order valence-corrected chi connectivity index (χ3v) is 1.46. The van der Waals surface area contributed by atoms with Crippen LogP contribution < -0.4 is 0 Å². The Morgan fingerprint density at radius 1 is 1.73 bits per heavy atom. The average molecular weight is 151 g/mol. The number of H-pyrrole nitrogens is 1. The minimum Gasteiger partial charge on any atom is -0.477 e. The second-order valence-corrected chi connectivity index (χ2v) is 2.12. The molecule has 0 atom stereocenters. The van der Waals surface area contributed by atoms with Crippen molar-refractivity contribution in [2.45, 2.75) is 0 Å². The monoisotopic (exact) mass is 151 g/mol. The largest absolute Gasteiger partial charge is 0.477 e. The number of imidazole rings is 1. The third-order valence-electron chi connectivity index (χ3n) is 1.46. The SMILES string of the molecule is O=C(O)c1cnn2cc[nH]c12. The first-order valence-corrected chi connectivity index (χ1v) is 3.03. The number of rotatable bonds is 1. The molecule has 0 unspecified atom stereocenters. The van der Waals surface area contributed by atoms with Crippen molar-refractivity contribution in [1.29, 1.82) is 0 Å². The molecule has 0 aliphatic rings. The molecule has 5 heteroatoms. The van der Waals surface area contributed by atoms with Gasteiger partial charge in [0.1, 0.15) is 11.2 Å². The molecule has 0 saturated heterocycles. The summed E-state index contributed by atoms with van der Waals surface area (Å²) in [5.41, 5.74) is 0.701. The molecular formula is C6H5N3O2. The molecule has 0 aromatic carbocycles. The van der Waals surface area contributed by atoms with Crippen LogP contribution in [-0.4, -0.2) is 25.7 Å². The van der Waals surface area contributed by atoms with Gasteiger partial charge in [0.25, 0.3) is 0 Å². The molecule has 2 aromatic heterocycles. The smallest absolute Gasteiger partial charge is 0.341 e. The van der Waals surface area contributed by atoms with E-state index in [0.717, 1.165) is 0 Å². The number of carboxylic acids is 1. The highest BCUT2D eigenvalue weighted by atomic mass is 16.4. The Kier molecular flexibility index (Phi) is 1.00. The van der Waals surface area contributed by atoms with Crippen LogP contribution in [0.5, 0.6) is 0 Å². The molecule has 0 spiro atoms. The maximum absolute atomic E-state index is 10.5. The van der Waals surface area contributed by atoms with Gasteiger partial charge in [0, 0.05) is 12.4 Å². The summed E-state index contributed by atoms with van der Waals surface area (Å²) in [6.07, 6.45) is 4.60. The summed E-state index contributed by atoms with van der Waals surface area (Å²) in [5.74, 6) is -0.970. The predicted octanol–water partition coefficient (Wildman–Crippen LogP) is 0.361. The molecule has 2 rings (SSSR count). The van der Waals surface area contributed by atoms with Gasteiger partial charge in [0.15, 0.2) is 0 Å². The van der Waals surface area contributed by atoms with Crippen LogP contribution in [0.25, 0.3) is 5.65 Å². The number of aromatic amines is 1. The van der Waals surface area contributed by atoms with Gasteiger partial charge in [-0.25, -0.2) is 9.31 Å². The highest BCUT2D eigenvalue weighted by Gasteiger charge is 2.10. The Morgan fingerprint density at radius 3 is 3.27 bits per heavy atom. The summed E-state index contributed by atoms with van der Waals surface area (Å²) in [5, 5.41) is 12.4. The highest BCUT2D eigenvalue weighted by Crippen LogP contribution is 2.06. The van der Waals surface area contributed by atoms with Crippen molar-refractivity contribution in [2.24, 2.45) is 0 Å². The van der Waals surface area contributed by atoms with Crippen molar-refractivity contribution < 1.29 is 9.90 Å². The number of carbonyl (C=O) groups is 1. The molecule has 0 radical (unpaired) electrons. The standard InChI is InChI=1S/C6H5N3O2/c10-6(11)4-3-8-9-2-1-7-5(4)9/h1-3,7H,(H,10,11). The van der Waals surface area contributed by atoms with Crippen molar-refractivity contribution >= 4 is 11.6 Å². The van der Waals surface area contributed by atoms with Crippen molar-refractivity contribution in [3.8, 4) is 0 Å². The van der Waals surface area contributed by atoms with E-state index in [-0.39, 0.29) is 5.56 Å². The van der Waals surface area contributed by atoms with Gasteiger partial charge in [-0.1, -0.05) is 0 Å². The molecule has 11 heavy (non-hydrogen) atoms. The molecule has 0 aliphatic carbocycles. The van der Waals surface area contributed by atoms with Crippen LogP contribution in [-0.2, 0) is 0 Å². The van der Waals surface area contributed by atoms with Crippen molar-refractivity contribution in [3.63, 3.8) is 0 Å². The fraction of sp³-hybridized carbons (Fsp3) is 0. The lowest BCUT2D eigenvalue weighted by molar-refractivity contribution is 0.0699. The molecule has 5 nitrogen and oxygen atoms in total. The van der Waals surface area contributed by atoms with Gasteiger partial charge in [-0.05, 0) is 0 Å². The Hall–Kier alpha value is -1.78. The third kappa shape index (κ3) is 0.706. The highest BCUT2D eigenvalue weighted by molar-refractivity contribution is 5.94. The Labute approximate surface area is 61.3 Å². The van der Waals surface area contributed by atoms with E-state index in [1.807, 2.05) is 0 Å². The number of hydrogen-bond donors (Lipinski definition) is 2. The lowest BCUT2D eigenvalue weighted by atomic mass is 10.3. The van der Waals surface area contributed by atoms with Gasteiger partial charge >= 0.3 is 5.97 Å². The van der Waals surface area contributed by atoms with E-state index in [0.29, 0.717) is 5.65 Å². The number of fused-ring (bicyclic) bond motifs is 1. The van der Waals surface area contributed by atoms with E-state index in [1.165, 1.54) is 10.7 Å². The maximum atomic E-state index is 10.5. The minimum absolute atomic E-state index is 0.190. The molecule has 2 aromatic rings. The first-order valence-electron chi connectivity index (χ1n) is 3.03. The topological polar surface area (TPSA) is 70.4 Å². The number of carboxylic acid groups (broad SMARTS) is 1. The first-order chi connectivity index (χ1) is 5.29. The minimum atomic E-state index is -0.970. The zero-order valence-electron chi connectivity index (χ0n) is 5.48. The van der Waals surface area contributed by atoms with E-state index >= 15 is 0 Å². The van der Waals surface area contributed by atoms with Gasteiger partial charge < -0.3 is 10.1 Å². The molecule has 0 saturated carbocycles. The second kappa shape index (κ2) is 1.85. The first kappa shape index (κ1) is 5.96. The summed E-state index contributed by atoms with van der Waals surface area (Å²) < 4.78 is 1.48. The number of nitrogens with zero attached hydrogens (tertiary/aromatic N) is 2. The summed E-state index contributed by atoms with van der Waals surface area (Å²) in [6.45, 7) is 0. The summed E-state index contributed by atoms with van der Waals surface area (Å²) in [6, 6.07) is 0. The number of aromatic nitrogens is 3. The Morgan fingerprint density at radius 2 is 2.55 bits per heavy atom. The summed E-state index contributed by atoms with van der Waals surface area (Å²) in [7, 11) is 0. The molecule has 0 bridgehead atoms. The summed E-state index contributed by atoms with van der Waals surface area (Å²) >= 11 is 0. The number of nitrogens with one attached hydrogen (secondary N) is 1. The summed E-state index contributed by atoms with van der Waals surface area (Å²) in [4.78, 5) is 13.3. The fourth-order valence-corrected chi connectivity index (χ4v) is 0.962. The fourth-order valence-electron chi connectivity index (χ4n) is 0.962.